The van der Waals surface area contributed by atoms with Gasteiger partial charge in [-0.15, -0.1) is 11.8 Å². The van der Waals surface area contributed by atoms with Crippen LogP contribution in [-0.4, -0.2) is 33.7 Å². The van der Waals surface area contributed by atoms with Gasteiger partial charge >= 0.3 is 0 Å². The minimum atomic E-state index is 0.0353. The van der Waals surface area contributed by atoms with Crippen LogP contribution in [0.2, 0.25) is 0 Å². The monoisotopic (exact) mass is 431 g/mol. The van der Waals surface area contributed by atoms with Gasteiger partial charge in [0, 0.05) is 22.8 Å². The average Bonchev–Trinajstić information content (AvgIpc) is 3.11. The first-order valence-corrected chi connectivity index (χ1v) is 10.0. The molecule has 5 nitrogen and oxygen atoms in total. The van der Waals surface area contributed by atoms with Crippen molar-refractivity contribution in [1.82, 2.24) is 15.0 Å². The number of rotatable bonds is 7. The smallest absolute Gasteiger partial charge is 0.246 e. The van der Waals surface area contributed by atoms with Crippen molar-refractivity contribution in [2.45, 2.75) is 12.3 Å². The average molecular weight is 432 g/mol. The lowest BCUT2D eigenvalue weighted by Gasteiger charge is -2.14. The predicted octanol–water partition coefficient (Wildman–Crippen LogP) is 4.39. The topological polar surface area (TPSA) is 59.2 Å². The highest BCUT2D eigenvalue weighted by Gasteiger charge is 2.15. The van der Waals surface area contributed by atoms with Crippen molar-refractivity contribution < 1.29 is 9.32 Å². The maximum Gasteiger partial charge on any atom is 0.246 e. The number of aromatic nitrogens is 2. The van der Waals surface area contributed by atoms with Crippen molar-refractivity contribution >= 4 is 33.6 Å². The molecule has 0 atom stereocenters. The number of benzene rings is 2. The SMILES string of the molecule is CN(Cc1nc(-c2cccc(Br)c2)no1)C(=O)CSCc1ccccc1. The molecule has 1 aromatic heterocycles. The summed E-state index contributed by atoms with van der Waals surface area (Å²) in [6, 6.07) is 17.8. The summed E-state index contributed by atoms with van der Waals surface area (Å²) < 4.78 is 6.22. The Bertz CT molecular complexity index is 870. The Hall–Kier alpha value is -2.12. The zero-order valence-electron chi connectivity index (χ0n) is 14.3. The number of hydrogen-bond donors (Lipinski definition) is 0. The molecule has 3 aromatic rings. The largest absolute Gasteiger partial charge is 0.337 e. The van der Waals surface area contributed by atoms with Crippen LogP contribution in [0, 0.1) is 0 Å². The van der Waals surface area contributed by atoms with E-state index < -0.39 is 0 Å². The number of thioether (sulfide) groups is 1. The van der Waals surface area contributed by atoms with Gasteiger partial charge in [-0.05, 0) is 17.7 Å². The first kappa shape index (κ1) is 18.7. The van der Waals surface area contributed by atoms with Crippen LogP contribution in [0.1, 0.15) is 11.5 Å². The second-order valence-electron chi connectivity index (χ2n) is 5.75. The maximum absolute atomic E-state index is 12.3. The first-order chi connectivity index (χ1) is 12.6. The lowest BCUT2D eigenvalue weighted by Crippen LogP contribution is -2.28. The van der Waals surface area contributed by atoms with E-state index in [0.717, 1.165) is 15.8 Å². The lowest BCUT2D eigenvalue weighted by atomic mass is 10.2. The van der Waals surface area contributed by atoms with Crippen molar-refractivity contribution in [3.8, 4) is 11.4 Å². The van der Waals surface area contributed by atoms with Crippen molar-refractivity contribution in [3.63, 3.8) is 0 Å². The third-order valence-electron chi connectivity index (χ3n) is 3.69. The molecule has 3 rings (SSSR count). The summed E-state index contributed by atoms with van der Waals surface area (Å²) in [5.74, 6) is 2.20. The molecule has 0 fully saturated rings. The highest BCUT2D eigenvalue weighted by atomic mass is 79.9. The molecule has 7 heteroatoms. The Labute approximate surface area is 164 Å². The van der Waals surface area contributed by atoms with Gasteiger partial charge in [0.25, 0.3) is 0 Å². The third kappa shape index (κ3) is 5.19. The molecule has 0 aliphatic rings. The molecule has 134 valence electrons. The fourth-order valence-corrected chi connectivity index (χ4v) is 3.62. The summed E-state index contributed by atoms with van der Waals surface area (Å²) >= 11 is 5.02. The van der Waals surface area contributed by atoms with E-state index in [1.165, 1.54) is 5.56 Å². The Balaban J connectivity index is 1.51. The van der Waals surface area contributed by atoms with Crippen LogP contribution in [0.3, 0.4) is 0 Å². The van der Waals surface area contributed by atoms with Crippen LogP contribution in [-0.2, 0) is 17.1 Å². The molecule has 0 saturated carbocycles. The van der Waals surface area contributed by atoms with Gasteiger partial charge in [0.15, 0.2) is 0 Å². The van der Waals surface area contributed by atoms with Crippen LogP contribution in [0.4, 0.5) is 0 Å². The van der Waals surface area contributed by atoms with E-state index in [-0.39, 0.29) is 5.91 Å². The van der Waals surface area contributed by atoms with Crippen molar-refractivity contribution in [2.24, 2.45) is 0 Å². The Morgan fingerprint density at radius 3 is 2.77 bits per heavy atom. The number of hydrogen-bond acceptors (Lipinski definition) is 5. The number of halogens is 1. The molecular formula is C19H18BrN3O2S. The molecule has 0 N–H and O–H groups in total. The van der Waals surface area contributed by atoms with Crippen LogP contribution in [0.25, 0.3) is 11.4 Å². The second-order valence-corrected chi connectivity index (χ2v) is 7.65. The van der Waals surface area contributed by atoms with Crippen molar-refractivity contribution in [3.05, 3.63) is 70.5 Å². The molecule has 1 heterocycles. The number of amides is 1. The molecule has 0 aliphatic heterocycles. The van der Waals surface area contributed by atoms with E-state index >= 15 is 0 Å². The van der Waals surface area contributed by atoms with Gasteiger partial charge in [0.05, 0.1) is 12.3 Å². The van der Waals surface area contributed by atoms with Crippen molar-refractivity contribution in [1.29, 1.82) is 0 Å². The maximum atomic E-state index is 12.3. The van der Waals surface area contributed by atoms with E-state index in [4.69, 9.17) is 4.52 Å². The van der Waals surface area contributed by atoms with E-state index in [1.807, 2.05) is 42.5 Å². The minimum Gasteiger partial charge on any atom is -0.337 e. The molecule has 1 amide bonds. The number of carbonyl (C=O) groups excluding carboxylic acids is 1. The summed E-state index contributed by atoms with van der Waals surface area (Å²) in [6.07, 6.45) is 0. The summed E-state index contributed by atoms with van der Waals surface area (Å²) in [5, 5.41) is 3.99. The lowest BCUT2D eigenvalue weighted by molar-refractivity contribution is -0.127. The predicted molar refractivity (Wildman–Crippen MR) is 107 cm³/mol. The van der Waals surface area contributed by atoms with E-state index in [9.17, 15) is 4.79 Å². The molecule has 0 aliphatic carbocycles. The van der Waals surface area contributed by atoms with Gasteiger partial charge in [0.1, 0.15) is 0 Å². The zero-order chi connectivity index (χ0) is 18.4. The van der Waals surface area contributed by atoms with Crippen molar-refractivity contribution in [2.75, 3.05) is 12.8 Å². The molecular weight excluding hydrogens is 414 g/mol. The third-order valence-corrected chi connectivity index (χ3v) is 5.17. The normalized spacial score (nSPS) is 10.7. The second kappa shape index (κ2) is 9.00. The van der Waals surface area contributed by atoms with Crippen LogP contribution in [0.15, 0.2) is 63.6 Å². The van der Waals surface area contributed by atoms with Gasteiger partial charge in [-0.25, -0.2) is 0 Å². The van der Waals surface area contributed by atoms with Gasteiger partial charge in [-0.2, -0.15) is 4.98 Å². The van der Waals surface area contributed by atoms with Gasteiger partial charge in [-0.3, -0.25) is 4.79 Å². The summed E-state index contributed by atoms with van der Waals surface area (Å²) in [7, 11) is 1.74. The molecule has 2 aromatic carbocycles. The Morgan fingerprint density at radius 1 is 1.19 bits per heavy atom. The number of nitrogens with zero attached hydrogens (tertiary/aromatic N) is 3. The summed E-state index contributed by atoms with van der Waals surface area (Å²) in [5.41, 5.74) is 2.07. The highest BCUT2D eigenvalue weighted by molar-refractivity contribution is 9.10. The van der Waals surface area contributed by atoms with Gasteiger partial charge in [0.2, 0.25) is 17.6 Å². The van der Waals surface area contributed by atoms with E-state index in [2.05, 4.69) is 38.2 Å². The molecule has 0 radical (unpaired) electrons. The Morgan fingerprint density at radius 2 is 2.00 bits per heavy atom. The quantitative estimate of drug-likeness (QED) is 0.554. The van der Waals surface area contributed by atoms with Crippen LogP contribution < -0.4 is 0 Å². The van der Waals surface area contributed by atoms with E-state index in [0.29, 0.717) is 24.0 Å². The summed E-state index contributed by atoms with van der Waals surface area (Å²) in [4.78, 5) is 18.2. The highest BCUT2D eigenvalue weighted by Crippen LogP contribution is 2.20. The summed E-state index contributed by atoms with van der Waals surface area (Å²) in [6.45, 7) is 0.297. The standard InChI is InChI=1S/C19H18BrN3O2S/c1-23(18(24)13-26-12-14-6-3-2-4-7-14)11-17-21-19(22-25-17)15-8-5-9-16(20)10-15/h2-10H,11-13H2,1H3. The number of carbonyl (C=O) groups is 1. The zero-order valence-corrected chi connectivity index (χ0v) is 16.7. The first-order valence-electron chi connectivity index (χ1n) is 8.06. The molecule has 0 bridgehead atoms. The Kier molecular flexibility index (Phi) is 6.46. The molecule has 0 spiro atoms. The van der Waals surface area contributed by atoms with Crippen LogP contribution in [0.5, 0.6) is 0 Å². The fraction of sp³-hybridized carbons (Fsp3) is 0.211. The molecule has 26 heavy (non-hydrogen) atoms. The van der Waals surface area contributed by atoms with Gasteiger partial charge < -0.3 is 9.42 Å². The molecule has 0 unspecified atom stereocenters. The fourth-order valence-electron chi connectivity index (χ4n) is 2.30. The van der Waals surface area contributed by atoms with Gasteiger partial charge in [-0.1, -0.05) is 63.6 Å². The minimum absolute atomic E-state index is 0.0353. The van der Waals surface area contributed by atoms with E-state index in [1.54, 1.807) is 23.7 Å². The van der Waals surface area contributed by atoms with Crippen LogP contribution >= 0.6 is 27.7 Å². The molecule has 0 saturated heterocycles.